The van der Waals surface area contributed by atoms with Gasteiger partial charge >= 0.3 is 7.12 Å². The molecule has 0 amide bonds. The van der Waals surface area contributed by atoms with Crippen molar-refractivity contribution in [3.8, 4) is 91.0 Å². The fourth-order valence-corrected chi connectivity index (χ4v) is 9.70. The van der Waals surface area contributed by atoms with Crippen LogP contribution in [0.25, 0.3) is 101 Å². The van der Waals surface area contributed by atoms with Crippen molar-refractivity contribution in [3.63, 3.8) is 0 Å². The molecule has 12 aromatic rings. The van der Waals surface area contributed by atoms with Crippen LogP contribution in [0.2, 0.25) is 0 Å². The van der Waals surface area contributed by atoms with Crippen LogP contribution >= 0.6 is 15.9 Å². The lowest BCUT2D eigenvalue weighted by Gasteiger charge is -2.32. The number of halogens is 1. The van der Waals surface area contributed by atoms with Crippen molar-refractivity contribution in [1.29, 1.82) is 0 Å². The van der Waals surface area contributed by atoms with Crippen molar-refractivity contribution in [3.05, 3.63) is 247 Å². The Morgan fingerprint density at radius 3 is 0.975 bits per heavy atom. The molecule has 3 heterocycles. The Balaban J connectivity index is 0.000000150. The van der Waals surface area contributed by atoms with Gasteiger partial charge in [0.15, 0.2) is 34.9 Å². The second kappa shape index (κ2) is 24.0. The van der Waals surface area contributed by atoms with E-state index in [1.54, 1.807) is 12.1 Å². The minimum Gasteiger partial charge on any atom is -0.507 e. The smallest absolute Gasteiger partial charge is 0.494 e. The summed E-state index contributed by atoms with van der Waals surface area (Å²) in [6, 6.07) is 79.0. The molecule has 10 nitrogen and oxygen atoms in total. The number of rotatable bonds is 8. The largest absolute Gasteiger partial charge is 0.507 e. The maximum atomic E-state index is 10.3. The third-order valence-corrected chi connectivity index (χ3v) is 15.0. The summed E-state index contributed by atoms with van der Waals surface area (Å²) in [4.78, 5) is 28.7. The van der Waals surface area contributed by atoms with E-state index in [-0.39, 0.29) is 24.4 Å². The van der Waals surface area contributed by atoms with Gasteiger partial charge in [0, 0.05) is 48.6 Å². The molecule has 81 heavy (non-hydrogen) atoms. The molecule has 1 fully saturated rings. The van der Waals surface area contributed by atoms with E-state index in [2.05, 4.69) is 55.8 Å². The Hall–Kier alpha value is -9.20. The van der Waals surface area contributed by atoms with Crippen LogP contribution in [0.1, 0.15) is 35.1 Å². The Bertz CT molecular complexity index is 3930. The first kappa shape index (κ1) is 55.1. The van der Waals surface area contributed by atoms with Gasteiger partial charge < -0.3 is 19.5 Å². The van der Waals surface area contributed by atoms with E-state index in [9.17, 15) is 10.2 Å². The fourth-order valence-electron chi connectivity index (χ4n) is 9.22. The van der Waals surface area contributed by atoms with Gasteiger partial charge in [-0.3, -0.25) is 0 Å². The van der Waals surface area contributed by atoms with Crippen LogP contribution in [0.5, 0.6) is 11.5 Å². The molecule has 0 atom stereocenters. The molecule has 398 valence electrons. The predicted molar refractivity (Wildman–Crippen MR) is 333 cm³/mol. The van der Waals surface area contributed by atoms with Gasteiger partial charge in [0.1, 0.15) is 11.5 Å². The van der Waals surface area contributed by atoms with Crippen LogP contribution in [0, 0.1) is 0 Å². The van der Waals surface area contributed by atoms with Gasteiger partial charge in [-0.15, -0.1) is 0 Å². The maximum Gasteiger partial charge on any atom is 0.494 e. The van der Waals surface area contributed by atoms with Gasteiger partial charge in [0.25, 0.3) is 0 Å². The summed E-state index contributed by atoms with van der Waals surface area (Å²) in [5, 5.41) is 23.5. The number of phenolic OH excluding ortho intramolecular Hbond substituents is 2. The van der Waals surface area contributed by atoms with Crippen LogP contribution in [0.3, 0.4) is 0 Å². The van der Waals surface area contributed by atoms with E-state index in [0.717, 1.165) is 76.0 Å². The van der Waals surface area contributed by atoms with Crippen molar-refractivity contribution in [2.24, 2.45) is 0 Å². The van der Waals surface area contributed by atoms with E-state index < -0.39 is 7.12 Å². The Morgan fingerprint density at radius 2 is 0.605 bits per heavy atom. The third-order valence-electron chi connectivity index (χ3n) is 14.3. The molecular weight excluding hydrogens is 1070 g/mol. The molecule has 1 aliphatic heterocycles. The van der Waals surface area contributed by atoms with E-state index in [4.69, 9.17) is 39.2 Å². The summed E-state index contributed by atoms with van der Waals surface area (Å²) in [5.41, 5.74) is 7.96. The maximum absolute atomic E-state index is 10.3. The number of hydrogen-bond acceptors (Lipinski definition) is 10. The van der Waals surface area contributed by atoms with Crippen molar-refractivity contribution < 1.29 is 19.5 Å². The lowest BCUT2D eigenvalue weighted by Crippen LogP contribution is -2.41. The van der Waals surface area contributed by atoms with Crippen LogP contribution in [0.4, 0.5) is 0 Å². The predicted octanol–water partition coefficient (Wildman–Crippen LogP) is 16.5. The van der Waals surface area contributed by atoms with Gasteiger partial charge in [-0.1, -0.05) is 248 Å². The zero-order valence-corrected chi connectivity index (χ0v) is 46.0. The summed E-state index contributed by atoms with van der Waals surface area (Å²) in [6.45, 7) is 8.23. The highest BCUT2D eigenvalue weighted by Gasteiger charge is 2.51. The second-order valence-corrected chi connectivity index (χ2v) is 21.0. The van der Waals surface area contributed by atoms with Crippen LogP contribution in [-0.2, 0) is 9.31 Å². The number of nitrogens with zero attached hydrogens (tertiary/aromatic N) is 6. The van der Waals surface area contributed by atoms with E-state index in [0.29, 0.717) is 40.7 Å². The molecule has 0 aliphatic carbocycles. The summed E-state index contributed by atoms with van der Waals surface area (Å²) in [7, 11) is -0.401. The highest BCUT2D eigenvalue weighted by molar-refractivity contribution is 9.10. The first-order valence-corrected chi connectivity index (χ1v) is 27.0. The monoisotopic (exact) mass is 1120 g/mol. The average Bonchev–Trinajstić information content (AvgIpc) is 3.78. The molecule has 10 aromatic carbocycles. The molecule has 0 unspecified atom stereocenters. The average molecular weight is 1130 g/mol. The van der Waals surface area contributed by atoms with E-state index in [1.165, 1.54) is 0 Å². The number of fused-ring (bicyclic) bond motifs is 2. The third kappa shape index (κ3) is 12.2. The molecular formula is C69H58BBrN6O4. The van der Waals surface area contributed by atoms with E-state index in [1.807, 2.05) is 218 Å². The summed E-state index contributed by atoms with van der Waals surface area (Å²) in [5.74, 6) is 4.44. The molecule has 1 saturated heterocycles. The van der Waals surface area contributed by atoms with Gasteiger partial charge in [0.2, 0.25) is 0 Å². The van der Waals surface area contributed by atoms with Crippen molar-refractivity contribution >= 4 is 50.1 Å². The minimum absolute atomic E-state index is 0. The highest BCUT2D eigenvalue weighted by atomic mass is 79.9. The van der Waals surface area contributed by atoms with Gasteiger partial charge in [-0.25, -0.2) is 29.9 Å². The van der Waals surface area contributed by atoms with Crippen molar-refractivity contribution in [2.75, 3.05) is 0 Å². The number of benzene rings is 10. The molecule has 0 saturated carbocycles. The Labute approximate surface area is 481 Å². The van der Waals surface area contributed by atoms with Crippen molar-refractivity contribution in [2.45, 2.75) is 46.3 Å². The van der Waals surface area contributed by atoms with Crippen LogP contribution in [-0.4, -0.2) is 58.4 Å². The summed E-state index contributed by atoms with van der Waals surface area (Å²) in [6.07, 6.45) is 0. The van der Waals surface area contributed by atoms with E-state index >= 15 is 0 Å². The number of hydrogen-bond donors (Lipinski definition) is 2. The molecule has 0 radical (unpaired) electrons. The first-order valence-electron chi connectivity index (χ1n) is 26.2. The summed E-state index contributed by atoms with van der Waals surface area (Å²) < 4.78 is 13.4. The molecule has 0 spiro atoms. The Kier molecular flexibility index (Phi) is 16.4. The molecule has 1 aliphatic rings. The SMILES string of the molecule is C.CC1(C)OB(c2ccc(-c3nc(-c4ccccc4)nc(-c4ccccc4)n3)cc2)OC1(C)C.Oc1ccc(-c2ccc(-c3nc(-c4ccccc4)nc(-c4ccccc4)n3)cc2)c2ccccc12.Oc1ccc(Br)c2ccccc12. The second-order valence-electron chi connectivity index (χ2n) is 20.2. The lowest BCUT2D eigenvalue weighted by molar-refractivity contribution is 0.00578. The minimum atomic E-state index is -0.401. The molecule has 2 N–H and O–H groups in total. The summed E-state index contributed by atoms with van der Waals surface area (Å²) >= 11 is 3.42. The number of phenols is 2. The quantitative estimate of drug-likeness (QED) is 0.142. The van der Waals surface area contributed by atoms with Gasteiger partial charge in [0.05, 0.1) is 11.2 Å². The zero-order valence-electron chi connectivity index (χ0n) is 44.4. The van der Waals surface area contributed by atoms with Crippen LogP contribution < -0.4 is 5.46 Å². The van der Waals surface area contributed by atoms with Crippen molar-refractivity contribution in [1.82, 2.24) is 29.9 Å². The number of aromatic nitrogens is 6. The van der Waals surface area contributed by atoms with Gasteiger partial charge in [-0.05, 0) is 73.3 Å². The normalized spacial score (nSPS) is 13.1. The highest BCUT2D eigenvalue weighted by Crippen LogP contribution is 2.38. The van der Waals surface area contributed by atoms with Gasteiger partial charge in [-0.2, -0.15) is 0 Å². The fraction of sp³-hybridized carbons (Fsp3) is 0.101. The lowest BCUT2D eigenvalue weighted by atomic mass is 9.79. The molecule has 13 rings (SSSR count). The Morgan fingerprint density at radius 1 is 0.321 bits per heavy atom. The standard InChI is InChI=1S/C31H21N3O.C27H26BN3O2.C10H7BrO.CH4/c35-28-20-19-25(26-13-7-8-14-27(26)28)21-15-17-24(18-16-21)31-33-29(22-9-3-1-4-10-22)32-30(34-31)23-11-5-2-6-12-23;1-26(2)27(3,4)33-28(32-26)22-17-15-21(16-18-22)25-30-23(19-11-7-5-8-12-19)29-24(31-25)20-13-9-6-10-14-20;11-9-5-6-10(12)8-4-2-1-3-7(8)9;/h1-20,35H;5-18H,1-4H3;1-6,12H;1H4. The first-order chi connectivity index (χ1) is 38.9. The van der Waals surface area contributed by atoms with Crippen LogP contribution in [0.15, 0.2) is 247 Å². The number of aromatic hydroxyl groups is 2. The molecule has 0 bridgehead atoms. The molecule has 2 aromatic heterocycles. The topological polar surface area (TPSA) is 136 Å². The molecule has 12 heteroatoms. The zero-order chi connectivity index (χ0) is 55.2.